The molecule has 1 amide bonds. The van der Waals surface area contributed by atoms with Gasteiger partial charge in [0.15, 0.2) is 0 Å². The fourth-order valence-corrected chi connectivity index (χ4v) is 5.91. The second kappa shape index (κ2) is 11.4. The highest BCUT2D eigenvalue weighted by molar-refractivity contribution is 7.89. The summed E-state index contributed by atoms with van der Waals surface area (Å²) in [5.41, 5.74) is 1.16. The number of hydrogen-bond acceptors (Lipinski definition) is 7. The van der Waals surface area contributed by atoms with Crippen LogP contribution in [-0.4, -0.2) is 82.5 Å². The van der Waals surface area contributed by atoms with Crippen LogP contribution >= 0.6 is 0 Å². The minimum Gasteiger partial charge on any atom is -0.497 e. The Bertz CT molecular complexity index is 1070. The number of nitrogens with zero attached hydrogens (tertiary/aromatic N) is 2. The topological polar surface area (TPSA) is 108 Å². The molecule has 2 aromatic rings. The normalized spacial score (nSPS) is 23.2. The van der Waals surface area contributed by atoms with E-state index in [1.54, 1.807) is 12.1 Å². The summed E-state index contributed by atoms with van der Waals surface area (Å²) in [6.07, 6.45) is 0.153. The lowest BCUT2D eigenvalue weighted by Gasteiger charge is -2.38. The van der Waals surface area contributed by atoms with E-state index in [4.69, 9.17) is 9.47 Å². The number of carbonyl (C=O) groups excluding carboxylic acids is 1. The average molecular weight is 504 g/mol. The van der Waals surface area contributed by atoms with Crippen LogP contribution in [0.15, 0.2) is 59.5 Å². The lowest BCUT2D eigenvalue weighted by Crippen LogP contribution is -2.52. The molecule has 0 bridgehead atoms. The van der Waals surface area contributed by atoms with Gasteiger partial charge in [-0.05, 0) is 49.2 Å². The number of benzene rings is 2. The van der Waals surface area contributed by atoms with Crippen LogP contribution in [0.2, 0.25) is 0 Å². The molecule has 2 saturated heterocycles. The molecule has 9 nitrogen and oxygen atoms in total. The molecule has 0 spiro atoms. The lowest BCUT2D eigenvalue weighted by atomic mass is 9.97. The summed E-state index contributed by atoms with van der Waals surface area (Å²) >= 11 is 0. The Hall–Kier alpha value is -2.66. The third-order valence-electron chi connectivity index (χ3n) is 6.63. The summed E-state index contributed by atoms with van der Waals surface area (Å²) in [6, 6.07) is 15.7. The van der Waals surface area contributed by atoms with Crippen LogP contribution < -0.4 is 14.4 Å². The number of sulfonamides is 1. The van der Waals surface area contributed by atoms with Crippen molar-refractivity contribution in [3.63, 3.8) is 0 Å². The zero-order chi connectivity index (χ0) is 24.8. The summed E-state index contributed by atoms with van der Waals surface area (Å²) in [4.78, 5) is 17.1. The molecule has 0 radical (unpaired) electrons. The highest BCUT2D eigenvalue weighted by atomic mass is 32.2. The largest absolute Gasteiger partial charge is 0.497 e. The molecule has 4 rings (SSSR count). The van der Waals surface area contributed by atoms with Gasteiger partial charge in [0, 0.05) is 31.9 Å². The Morgan fingerprint density at radius 3 is 2.37 bits per heavy atom. The van der Waals surface area contributed by atoms with Crippen molar-refractivity contribution < 1.29 is 27.8 Å². The van der Waals surface area contributed by atoms with Gasteiger partial charge in [0.05, 0.1) is 43.3 Å². The average Bonchev–Trinajstić information content (AvgIpc) is 2.90. The van der Waals surface area contributed by atoms with E-state index < -0.39 is 22.2 Å². The molecule has 2 aromatic carbocycles. The van der Waals surface area contributed by atoms with Crippen LogP contribution in [0.25, 0.3) is 0 Å². The van der Waals surface area contributed by atoms with E-state index in [1.165, 1.54) is 19.2 Å². The van der Waals surface area contributed by atoms with Crippen molar-refractivity contribution >= 4 is 21.6 Å². The van der Waals surface area contributed by atoms with E-state index in [2.05, 4.69) is 21.8 Å². The van der Waals surface area contributed by atoms with Crippen molar-refractivity contribution in [1.29, 1.82) is 0 Å². The maximum atomic E-state index is 12.9. The van der Waals surface area contributed by atoms with Crippen molar-refractivity contribution in [2.75, 3.05) is 44.8 Å². The molecule has 190 valence electrons. The predicted octanol–water partition coefficient (Wildman–Crippen LogP) is 1.62. The maximum absolute atomic E-state index is 12.9. The summed E-state index contributed by atoms with van der Waals surface area (Å²) in [7, 11) is -2.28. The summed E-state index contributed by atoms with van der Waals surface area (Å²) in [5, 5.41) is 9.86. The van der Waals surface area contributed by atoms with Crippen molar-refractivity contribution in [2.24, 2.45) is 0 Å². The van der Waals surface area contributed by atoms with Gasteiger partial charge in [-0.2, -0.15) is 0 Å². The molecule has 2 N–H and O–H groups in total. The number of amides is 1. The highest BCUT2D eigenvalue weighted by Gasteiger charge is 2.35. The molecule has 35 heavy (non-hydrogen) atoms. The lowest BCUT2D eigenvalue weighted by molar-refractivity contribution is -0.140. The highest BCUT2D eigenvalue weighted by Crippen LogP contribution is 2.25. The van der Waals surface area contributed by atoms with Crippen LogP contribution in [0, 0.1) is 0 Å². The zero-order valence-electron chi connectivity index (χ0n) is 19.9. The standard InChI is InChI=1S/C25H33N3O6S/c1-33-20-7-10-22(11-8-20)35(31,32)26-23-12-9-21(34-24(23)18-29)17-25(30)28-15-13-27(14-16-28)19-5-3-2-4-6-19/h2-8,10-11,21,23-24,26,29H,9,12-18H2,1H3/t21-,23-,24+/m0/s1. The quantitative estimate of drug-likeness (QED) is 0.564. The molecule has 0 aromatic heterocycles. The first kappa shape index (κ1) is 25.4. The van der Waals surface area contributed by atoms with Crippen molar-refractivity contribution in [2.45, 2.75) is 42.4 Å². The fraction of sp³-hybridized carbons (Fsp3) is 0.480. The fourth-order valence-electron chi connectivity index (χ4n) is 4.62. The molecule has 2 heterocycles. The Balaban J connectivity index is 1.28. The SMILES string of the molecule is COc1ccc(S(=O)(=O)N[C@H]2CC[C@@H](CC(=O)N3CCN(c4ccccc4)CC3)O[C@@H]2CO)cc1. The van der Waals surface area contributed by atoms with E-state index in [9.17, 15) is 18.3 Å². The van der Waals surface area contributed by atoms with Gasteiger partial charge in [-0.25, -0.2) is 13.1 Å². The number of anilines is 1. The number of para-hydroxylation sites is 1. The second-order valence-corrected chi connectivity index (χ2v) is 10.6. The van der Waals surface area contributed by atoms with Gasteiger partial charge in [-0.1, -0.05) is 18.2 Å². The van der Waals surface area contributed by atoms with E-state index >= 15 is 0 Å². The minimum atomic E-state index is -3.79. The van der Waals surface area contributed by atoms with Gasteiger partial charge >= 0.3 is 0 Å². The molecule has 3 atom stereocenters. The van der Waals surface area contributed by atoms with E-state index in [0.717, 1.165) is 18.8 Å². The number of hydrogen-bond donors (Lipinski definition) is 2. The molecular formula is C25H33N3O6S. The van der Waals surface area contributed by atoms with Crippen LogP contribution in [0.4, 0.5) is 5.69 Å². The minimum absolute atomic E-state index is 0.0247. The first-order valence-electron chi connectivity index (χ1n) is 11.9. The third-order valence-corrected chi connectivity index (χ3v) is 8.13. The molecule has 0 saturated carbocycles. The first-order valence-corrected chi connectivity index (χ1v) is 13.4. The molecule has 10 heteroatoms. The summed E-state index contributed by atoms with van der Waals surface area (Å²) in [6.45, 7) is 2.50. The first-order chi connectivity index (χ1) is 16.9. The Morgan fingerprint density at radius 2 is 1.74 bits per heavy atom. The van der Waals surface area contributed by atoms with Crippen LogP contribution in [0.1, 0.15) is 19.3 Å². The zero-order valence-corrected chi connectivity index (χ0v) is 20.7. The number of aliphatic hydroxyl groups is 1. The maximum Gasteiger partial charge on any atom is 0.240 e. The van der Waals surface area contributed by atoms with E-state index in [-0.39, 0.29) is 29.9 Å². The van der Waals surface area contributed by atoms with Crippen molar-refractivity contribution in [3.05, 3.63) is 54.6 Å². The Morgan fingerprint density at radius 1 is 1.06 bits per heavy atom. The number of piperazine rings is 1. The molecule has 0 unspecified atom stereocenters. The number of carbonyl (C=O) groups is 1. The molecule has 2 aliphatic rings. The third kappa shape index (κ3) is 6.32. The van der Waals surface area contributed by atoms with E-state index in [0.29, 0.717) is 31.7 Å². The summed E-state index contributed by atoms with van der Waals surface area (Å²) in [5.74, 6) is 0.587. The smallest absolute Gasteiger partial charge is 0.240 e. The number of nitrogens with one attached hydrogen (secondary N) is 1. The monoisotopic (exact) mass is 503 g/mol. The van der Waals surface area contributed by atoms with Crippen LogP contribution in [0.5, 0.6) is 5.75 Å². The van der Waals surface area contributed by atoms with Gasteiger partial charge in [0.25, 0.3) is 0 Å². The van der Waals surface area contributed by atoms with Gasteiger partial charge in [-0.15, -0.1) is 0 Å². The van der Waals surface area contributed by atoms with E-state index in [1.807, 2.05) is 23.1 Å². The molecule has 0 aliphatic carbocycles. The summed E-state index contributed by atoms with van der Waals surface area (Å²) < 4.78 is 39.3. The van der Waals surface area contributed by atoms with Crippen molar-refractivity contribution in [1.82, 2.24) is 9.62 Å². The molecule has 2 fully saturated rings. The Kier molecular flexibility index (Phi) is 8.27. The van der Waals surface area contributed by atoms with Crippen LogP contribution in [-0.2, 0) is 19.6 Å². The number of aliphatic hydroxyl groups excluding tert-OH is 1. The number of methoxy groups -OCH3 is 1. The second-order valence-electron chi connectivity index (χ2n) is 8.87. The van der Waals surface area contributed by atoms with Gasteiger partial charge < -0.3 is 24.4 Å². The number of ether oxygens (including phenoxy) is 2. The molecule has 2 aliphatic heterocycles. The molecular weight excluding hydrogens is 470 g/mol. The number of rotatable bonds is 8. The van der Waals surface area contributed by atoms with Crippen LogP contribution in [0.3, 0.4) is 0 Å². The predicted molar refractivity (Wildman–Crippen MR) is 132 cm³/mol. The van der Waals surface area contributed by atoms with Crippen molar-refractivity contribution in [3.8, 4) is 5.75 Å². The van der Waals surface area contributed by atoms with Gasteiger partial charge in [-0.3, -0.25) is 4.79 Å². The van der Waals surface area contributed by atoms with Gasteiger partial charge in [0.2, 0.25) is 15.9 Å². The Labute approximate surface area is 206 Å². The van der Waals surface area contributed by atoms with Gasteiger partial charge in [0.1, 0.15) is 5.75 Å².